The first kappa shape index (κ1) is 17.3. The molecule has 1 aromatic carbocycles. The molecule has 3 heteroatoms. The molecule has 0 spiro atoms. The molecule has 0 aliphatic heterocycles. The Hall–Kier alpha value is -1.02. The van der Waals surface area contributed by atoms with Crippen molar-refractivity contribution >= 4 is 17.5 Å². The van der Waals surface area contributed by atoms with Crippen LogP contribution in [0.3, 0.4) is 0 Å². The van der Waals surface area contributed by atoms with Gasteiger partial charge in [-0.3, -0.25) is 4.79 Å². The highest BCUT2D eigenvalue weighted by Gasteiger charge is 2.35. The summed E-state index contributed by atoms with van der Waals surface area (Å²) in [6.07, 6.45) is 4.26. The molecule has 1 aromatic rings. The molecule has 1 amide bonds. The third-order valence-corrected chi connectivity index (χ3v) is 5.38. The van der Waals surface area contributed by atoms with Crippen LogP contribution in [0.2, 0.25) is 5.02 Å². The molecule has 1 fully saturated rings. The maximum absolute atomic E-state index is 12.6. The van der Waals surface area contributed by atoms with Crippen molar-refractivity contribution in [2.75, 3.05) is 6.54 Å². The van der Waals surface area contributed by atoms with Gasteiger partial charge in [-0.2, -0.15) is 0 Å². The second-order valence-electron chi connectivity index (χ2n) is 7.07. The molecule has 2 nitrogen and oxygen atoms in total. The van der Waals surface area contributed by atoms with Crippen LogP contribution in [0.1, 0.15) is 45.6 Å². The van der Waals surface area contributed by atoms with Gasteiger partial charge in [0.15, 0.2) is 0 Å². The third kappa shape index (κ3) is 4.49. The standard InChI is InChI=1S/C19H28ClNO/c1-13(2)16-9-8-14(3)12-17(16)19(22)21-11-10-15-6-4-5-7-18(15)20/h4-7,13-14,16-17H,8-12H2,1-3H3,(H,21,22). The van der Waals surface area contributed by atoms with Crippen molar-refractivity contribution in [2.24, 2.45) is 23.7 Å². The average molecular weight is 322 g/mol. The minimum atomic E-state index is 0.176. The summed E-state index contributed by atoms with van der Waals surface area (Å²) in [5.74, 6) is 2.17. The van der Waals surface area contributed by atoms with Gasteiger partial charge >= 0.3 is 0 Å². The predicted octanol–water partition coefficient (Wildman–Crippen LogP) is 4.71. The third-order valence-electron chi connectivity index (χ3n) is 5.01. The van der Waals surface area contributed by atoms with Gasteiger partial charge < -0.3 is 5.32 Å². The highest BCUT2D eigenvalue weighted by molar-refractivity contribution is 6.31. The maximum atomic E-state index is 12.6. The van der Waals surface area contributed by atoms with Crippen molar-refractivity contribution in [1.82, 2.24) is 5.32 Å². The Bertz CT molecular complexity index is 500. The largest absolute Gasteiger partial charge is 0.356 e. The maximum Gasteiger partial charge on any atom is 0.223 e. The van der Waals surface area contributed by atoms with Crippen LogP contribution < -0.4 is 5.32 Å². The van der Waals surface area contributed by atoms with E-state index in [1.807, 2.05) is 24.3 Å². The van der Waals surface area contributed by atoms with Crippen LogP contribution in [0.4, 0.5) is 0 Å². The summed E-state index contributed by atoms with van der Waals surface area (Å²) >= 11 is 6.16. The number of hydrogen-bond acceptors (Lipinski definition) is 1. The van der Waals surface area contributed by atoms with Gasteiger partial charge in [0, 0.05) is 17.5 Å². The Kier molecular flexibility index (Phi) is 6.31. The normalized spacial score (nSPS) is 25.2. The van der Waals surface area contributed by atoms with E-state index in [2.05, 4.69) is 26.1 Å². The van der Waals surface area contributed by atoms with Gasteiger partial charge in [0.25, 0.3) is 0 Å². The molecule has 1 N–H and O–H groups in total. The molecule has 3 unspecified atom stereocenters. The van der Waals surface area contributed by atoms with E-state index in [4.69, 9.17) is 11.6 Å². The van der Waals surface area contributed by atoms with Gasteiger partial charge in [-0.25, -0.2) is 0 Å². The predicted molar refractivity (Wildman–Crippen MR) is 93.0 cm³/mol. The molecule has 0 bridgehead atoms. The van der Waals surface area contributed by atoms with Crippen molar-refractivity contribution in [3.8, 4) is 0 Å². The lowest BCUT2D eigenvalue weighted by atomic mass is 9.70. The van der Waals surface area contributed by atoms with Gasteiger partial charge in [0.05, 0.1) is 0 Å². The number of carbonyl (C=O) groups is 1. The van der Waals surface area contributed by atoms with E-state index < -0.39 is 0 Å². The van der Waals surface area contributed by atoms with Crippen molar-refractivity contribution < 1.29 is 4.79 Å². The summed E-state index contributed by atoms with van der Waals surface area (Å²) in [6.45, 7) is 7.41. The van der Waals surface area contributed by atoms with E-state index in [-0.39, 0.29) is 11.8 Å². The Morgan fingerprint density at radius 2 is 2.05 bits per heavy atom. The molecule has 2 rings (SSSR count). The number of rotatable bonds is 5. The summed E-state index contributed by atoms with van der Waals surface area (Å²) in [7, 11) is 0. The van der Waals surface area contributed by atoms with E-state index in [0.717, 1.165) is 23.4 Å². The molecule has 22 heavy (non-hydrogen) atoms. The van der Waals surface area contributed by atoms with Gasteiger partial charge in [-0.05, 0) is 48.6 Å². The summed E-state index contributed by atoms with van der Waals surface area (Å²) in [6, 6.07) is 7.84. The van der Waals surface area contributed by atoms with Crippen LogP contribution in [0.5, 0.6) is 0 Å². The smallest absolute Gasteiger partial charge is 0.223 e. The monoisotopic (exact) mass is 321 g/mol. The zero-order valence-electron chi connectivity index (χ0n) is 13.9. The van der Waals surface area contributed by atoms with Crippen LogP contribution in [0.15, 0.2) is 24.3 Å². The van der Waals surface area contributed by atoms with E-state index in [9.17, 15) is 4.79 Å². The Morgan fingerprint density at radius 3 is 2.73 bits per heavy atom. The van der Waals surface area contributed by atoms with E-state index in [1.54, 1.807) is 0 Å². The molecule has 0 heterocycles. The fourth-order valence-electron chi connectivity index (χ4n) is 3.66. The quantitative estimate of drug-likeness (QED) is 0.836. The van der Waals surface area contributed by atoms with Crippen molar-refractivity contribution in [2.45, 2.75) is 46.5 Å². The first-order valence-electron chi connectivity index (χ1n) is 8.50. The van der Waals surface area contributed by atoms with Gasteiger partial charge in [0.2, 0.25) is 5.91 Å². The molecule has 0 aromatic heterocycles. The van der Waals surface area contributed by atoms with E-state index >= 15 is 0 Å². The Balaban J connectivity index is 1.89. The SMILES string of the molecule is CC1CCC(C(C)C)C(C(=O)NCCc2ccccc2Cl)C1. The summed E-state index contributed by atoms with van der Waals surface area (Å²) in [4.78, 5) is 12.6. The van der Waals surface area contributed by atoms with Gasteiger partial charge in [0.1, 0.15) is 0 Å². The molecule has 1 saturated carbocycles. The van der Waals surface area contributed by atoms with Crippen molar-refractivity contribution in [3.63, 3.8) is 0 Å². The summed E-state index contributed by atoms with van der Waals surface area (Å²) in [5, 5.41) is 3.92. The molecule has 3 atom stereocenters. The molecular formula is C19H28ClNO. The van der Waals surface area contributed by atoms with E-state index in [0.29, 0.717) is 24.3 Å². The lowest BCUT2D eigenvalue weighted by Crippen LogP contribution is -2.40. The first-order chi connectivity index (χ1) is 10.5. The average Bonchev–Trinajstić information content (AvgIpc) is 2.48. The van der Waals surface area contributed by atoms with Crippen molar-refractivity contribution in [1.29, 1.82) is 0 Å². The number of hydrogen-bond donors (Lipinski definition) is 1. The lowest BCUT2D eigenvalue weighted by molar-refractivity contribution is -0.129. The molecular weight excluding hydrogens is 294 g/mol. The first-order valence-corrected chi connectivity index (χ1v) is 8.88. The second kappa shape index (κ2) is 8.01. The van der Waals surface area contributed by atoms with Crippen LogP contribution in [-0.2, 0) is 11.2 Å². The number of nitrogens with one attached hydrogen (secondary N) is 1. The fraction of sp³-hybridized carbons (Fsp3) is 0.632. The highest BCUT2D eigenvalue weighted by Crippen LogP contribution is 2.38. The minimum Gasteiger partial charge on any atom is -0.356 e. The van der Waals surface area contributed by atoms with Gasteiger partial charge in [-0.1, -0.05) is 57.0 Å². The van der Waals surface area contributed by atoms with Crippen LogP contribution in [0.25, 0.3) is 0 Å². The zero-order chi connectivity index (χ0) is 16.1. The van der Waals surface area contributed by atoms with Crippen LogP contribution >= 0.6 is 11.6 Å². The molecule has 122 valence electrons. The number of carbonyl (C=O) groups excluding carboxylic acids is 1. The molecule has 0 radical (unpaired) electrons. The van der Waals surface area contributed by atoms with Crippen molar-refractivity contribution in [3.05, 3.63) is 34.9 Å². The summed E-state index contributed by atoms with van der Waals surface area (Å²) in [5.41, 5.74) is 1.10. The Morgan fingerprint density at radius 1 is 1.32 bits per heavy atom. The number of benzene rings is 1. The van der Waals surface area contributed by atoms with Crippen LogP contribution in [-0.4, -0.2) is 12.5 Å². The lowest BCUT2D eigenvalue weighted by Gasteiger charge is -2.36. The summed E-state index contributed by atoms with van der Waals surface area (Å²) < 4.78 is 0. The number of halogens is 1. The zero-order valence-corrected chi connectivity index (χ0v) is 14.7. The van der Waals surface area contributed by atoms with E-state index in [1.165, 1.54) is 12.8 Å². The highest BCUT2D eigenvalue weighted by atomic mass is 35.5. The molecule has 1 aliphatic carbocycles. The Labute approximate surface area is 139 Å². The topological polar surface area (TPSA) is 29.1 Å². The number of amides is 1. The fourth-order valence-corrected chi connectivity index (χ4v) is 3.89. The molecule has 1 aliphatic rings. The minimum absolute atomic E-state index is 0.176. The van der Waals surface area contributed by atoms with Gasteiger partial charge in [-0.15, -0.1) is 0 Å². The van der Waals surface area contributed by atoms with Crippen LogP contribution in [0, 0.1) is 23.7 Å². The molecule has 0 saturated heterocycles. The second-order valence-corrected chi connectivity index (χ2v) is 7.47.